The molecule has 0 saturated heterocycles. The van der Waals surface area contributed by atoms with Gasteiger partial charge in [-0.15, -0.1) is 0 Å². The molecule has 0 aromatic carbocycles. The van der Waals surface area contributed by atoms with Gasteiger partial charge >= 0.3 is 0 Å². The standard InChI is InChI=1S/C38H79NO15/c1-6-9-40-12-15-43-18-21-46-24-27-49-34-52-31-38(39-30-37(4)5,32-53-35-50-28-25-47-22-19-44-16-13-41-10-7-2)33-54-36-51-29-26-48-23-20-45-17-14-42-11-8-3/h37,39H,6-36H2,1-5H3. The Kier molecular flexibility index (Phi) is 44.5. The van der Waals surface area contributed by atoms with Gasteiger partial charge in [0.05, 0.1) is 144 Å². The highest BCUT2D eigenvalue weighted by Crippen LogP contribution is 2.11. The molecule has 326 valence electrons. The summed E-state index contributed by atoms with van der Waals surface area (Å²) in [4.78, 5) is 0. The van der Waals surface area contributed by atoms with Crippen LogP contribution in [0, 0.1) is 5.92 Å². The van der Waals surface area contributed by atoms with Gasteiger partial charge in [-0.3, -0.25) is 0 Å². The largest absolute Gasteiger partial charge is 0.379 e. The molecule has 0 radical (unpaired) electrons. The van der Waals surface area contributed by atoms with E-state index in [2.05, 4.69) is 39.9 Å². The fourth-order valence-corrected chi connectivity index (χ4v) is 4.18. The van der Waals surface area contributed by atoms with Crippen molar-refractivity contribution in [3.05, 3.63) is 0 Å². The Morgan fingerprint density at radius 2 is 0.537 bits per heavy atom. The van der Waals surface area contributed by atoms with Crippen molar-refractivity contribution in [3.63, 3.8) is 0 Å². The molecule has 0 aromatic heterocycles. The first-order chi connectivity index (χ1) is 26.6. The molecule has 16 heteroatoms. The van der Waals surface area contributed by atoms with Gasteiger partial charge in [0.2, 0.25) is 0 Å². The van der Waals surface area contributed by atoms with Crippen molar-refractivity contribution < 1.29 is 71.1 Å². The maximum Gasteiger partial charge on any atom is 0.146 e. The fourth-order valence-electron chi connectivity index (χ4n) is 4.18. The summed E-state index contributed by atoms with van der Waals surface area (Å²) in [5.41, 5.74) is -0.682. The molecule has 0 aliphatic rings. The van der Waals surface area contributed by atoms with Gasteiger partial charge in [0, 0.05) is 19.8 Å². The topological polar surface area (TPSA) is 150 Å². The Hall–Kier alpha value is -0.640. The lowest BCUT2D eigenvalue weighted by Crippen LogP contribution is -2.57. The van der Waals surface area contributed by atoms with E-state index in [9.17, 15) is 0 Å². The van der Waals surface area contributed by atoms with Crippen molar-refractivity contribution >= 4 is 0 Å². The van der Waals surface area contributed by atoms with E-state index in [1.807, 2.05) is 0 Å². The second kappa shape index (κ2) is 45.1. The molecule has 0 amide bonds. The summed E-state index contributed by atoms with van der Waals surface area (Å²) in [6, 6.07) is 0. The second-order valence-electron chi connectivity index (χ2n) is 12.7. The lowest BCUT2D eigenvalue weighted by Gasteiger charge is -2.35. The normalized spacial score (nSPS) is 12.1. The summed E-state index contributed by atoms with van der Waals surface area (Å²) in [6.07, 6.45) is 3.01. The van der Waals surface area contributed by atoms with E-state index in [0.717, 1.165) is 45.6 Å². The summed E-state index contributed by atoms with van der Waals surface area (Å²) in [5, 5.41) is 3.59. The molecule has 0 unspecified atom stereocenters. The number of rotatable bonds is 48. The molecule has 0 rings (SSSR count). The summed E-state index contributed by atoms with van der Waals surface area (Å²) in [5.74, 6) is 0.383. The molecule has 54 heavy (non-hydrogen) atoms. The average molecular weight is 790 g/mol. The molecule has 0 bridgehead atoms. The highest BCUT2D eigenvalue weighted by molar-refractivity contribution is 4.88. The summed E-state index contributed by atoms with van der Waals surface area (Å²) in [6.45, 7) is 23.6. The molecule has 0 heterocycles. The quantitative estimate of drug-likeness (QED) is 0.0709. The Morgan fingerprint density at radius 3 is 0.759 bits per heavy atom. The van der Waals surface area contributed by atoms with E-state index in [4.69, 9.17) is 71.1 Å². The van der Waals surface area contributed by atoms with Crippen LogP contribution in [-0.2, 0) is 71.1 Å². The highest BCUT2D eigenvalue weighted by Gasteiger charge is 2.32. The predicted octanol–water partition coefficient (Wildman–Crippen LogP) is 3.32. The van der Waals surface area contributed by atoms with Gasteiger partial charge in [0.15, 0.2) is 0 Å². The number of ether oxygens (including phenoxy) is 15. The van der Waals surface area contributed by atoms with Crippen LogP contribution in [0.2, 0.25) is 0 Å². The van der Waals surface area contributed by atoms with Crippen LogP contribution in [0.25, 0.3) is 0 Å². The zero-order chi connectivity index (χ0) is 39.3. The molecule has 0 saturated carbocycles. The molecular formula is C38H79NO15. The van der Waals surface area contributed by atoms with Gasteiger partial charge in [-0.25, -0.2) is 0 Å². The SMILES string of the molecule is CCCOCCOCCOCCOCOCC(COCOCCOCCOCCOCCC)(COCOCCOCCOCCOCCC)NCC(C)C. The molecule has 0 aromatic rings. The third-order valence-corrected chi connectivity index (χ3v) is 6.91. The van der Waals surface area contributed by atoms with Crippen LogP contribution < -0.4 is 5.32 Å². The minimum Gasteiger partial charge on any atom is -0.379 e. The van der Waals surface area contributed by atoms with E-state index < -0.39 is 5.54 Å². The Balaban J connectivity index is 4.53. The average Bonchev–Trinajstić information content (AvgIpc) is 3.17. The van der Waals surface area contributed by atoms with Crippen LogP contribution in [0.15, 0.2) is 0 Å². The van der Waals surface area contributed by atoms with Crippen molar-refractivity contribution in [1.82, 2.24) is 5.32 Å². The first kappa shape index (κ1) is 53.4. The van der Waals surface area contributed by atoms with Gasteiger partial charge in [-0.2, -0.15) is 0 Å². The van der Waals surface area contributed by atoms with Crippen molar-refractivity contribution in [1.29, 1.82) is 0 Å². The Labute approximate surface area is 326 Å². The minimum atomic E-state index is -0.682. The third-order valence-electron chi connectivity index (χ3n) is 6.91. The van der Waals surface area contributed by atoms with Crippen LogP contribution in [0.3, 0.4) is 0 Å². The van der Waals surface area contributed by atoms with Gasteiger partial charge in [-0.1, -0.05) is 34.6 Å². The van der Waals surface area contributed by atoms with Crippen molar-refractivity contribution in [3.8, 4) is 0 Å². The zero-order valence-corrected chi connectivity index (χ0v) is 34.6. The monoisotopic (exact) mass is 790 g/mol. The third kappa shape index (κ3) is 41.0. The fraction of sp³-hybridized carbons (Fsp3) is 1.00. The molecule has 0 aliphatic carbocycles. The van der Waals surface area contributed by atoms with E-state index in [-0.39, 0.29) is 40.2 Å². The molecule has 0 spiro atoms. The number of hydrogen-bond acceptors (Lipinski definition) is 16. The van der Waals surface area contributed by atoms with Gasteiger partial charge in [0.25, 0.3) is 0 Å². The van der Waals surface area contributed by atoms with Gasteiger partial charge in [-0.05, 0) is 31.7 Å². The zero-order valence-electron chi connectivity index (χ0n) is 34.6. The van der Waals surface area contributed by atoms with Crippen molar-refractivity contribution in [2.24, 2.45) is 5.92 Å². The van der Waals surface area contributed by atoms with Crippen LogP contribution in [0.1, 0.15) is 53.9 Å². The van der Waals surface area contributed by atoms with E-state index in [0.29, 0.717) is 125 Å². The van der Waals surface area contributed by atoms with Crippen LogP contribution in [-0.4, -0.2) is 191 Å². The smallest absolute Gasteiger partial charge is 0.146 e. The summed E-state index contributed by atoms with van der Waals surface area (Å²) < 4.78 is 84.2. The van der Waals surface area contributed by atoms with Crippen molar-refractivity contribution in [2.75, 3.05) is 185 Å². The van der Waals surface area contributed by atoms with Gasteiger partial charge < -0.3 is 76.4 Å². The van der Waals surface area contributed by atoms with E-state index in [1.165, 1.54) is 0 Å². The highest BCUT2D eigenvalue weighted by atomic mass is 16.7. The lowest BCUT2D eigenvalue weighted by atomic mass is 10.0. The second-order valence-corrected chi connectivity index (χ2v) is 12.7. The molecule has 0 atom stereocenters. The first-order valence-electron chi connectivity index (χ1n) is 20.0. The van der Waals surface area contributed by atoms with E-state index in [1.54, 1.807) is 0 Å². The molecule has 16 nitrogen and oxygen atoms in total. The number of nitrogens with one attached hydrogen (secondary N) is 1. The van der Waals surface area contributed by atoms with Gasteiger partial charge in [0.1, 0.15) is 20.4 Å². The minimum absolute atomic E-state index is 0.0897. The maximum atomic E-state index is 5.96. The molecule has 0 aliphatic heterocycles. The van der Waals surface area contributed by atoms with Crippen LogP contribution >= 0.6 is 0 Å². The van der Waals surface area contributed by atoms with E-state index >= 15 is 0 Å². The first-order valence-corrected chi connectivity index (χ1v) is 20.0. The lowest BCUT2D eigenvalue weighted by molar-refractivity contribution is -0.143. The predicted molar refractivity (Wildman–Crippen MR) is 204 cm³/mol. The van der Waals surface area contributed by atoms with Crippen LogP contribution in [0.5, 0.6) is 0 Å². The summed E-state index contributed by atoms with van der Waals surface area (Å²) in [7, 11) is 0. The Morgan fingerprint density at radius 1 is 0.315 bits per heavy atom. The van der Waals surface area contributed by atoms with Crippen LogP contribution in [0.4, 0.5) is 0 Å². The Bertz CT molecular complexity index is 620. The molecule has 0 fully saturated rings. The maximum absolute atomic E-state index is 5.96. The number of hydrogen-bond donors (Lipinski definition) is 1. The molecular weight excluding hydrogens is 710 g/mol. The van der Waals surface area contributed by atoms with Crippen molar-refractivity contribution in [2.45, 2.75) is 59.4 Å². The summed E-state index contributed by atoms with van der Waals surface area (Å²) >= 11 is 0. The molecule has 1 N–H and O–H groups in total.